The van der Waals surface area contributed by atoms with Crippen molar-refractivity contribution in [1.82, 2.24) is 30.3 Å². The van der Waals surface area contributed by atoms with E-state index in [-0.39, 0.29) is 5.82 Å². The minimum atomic E-state index is -0.129. The van der Waals surface area contributed by atoms with Crippen molar-refractivity contribution >= 4 is 11.6 Å². The minimum Gasteiger partial charge on any atom is -0.367 e. The minimum absolute atomic E-state index is 0.129. The Hall–Kier alpha value is -2.68. The third-order valence-electron chi connectivity index (χ3n) is 6.41. The van der Waals surface area contributed by atoms with Gasteiger partial charge in [0.15, 0.2) is 5.96 Å². The van der Waals surface area contributed by atoms with Gasteiger partial charge in [-0.25, -0.2) is 9.37 Å². The standard InChI is InChI=1S/C23H35FN8/c1-2-25-23(32-12-8-19(9-13-32)22-27-18-28-29-22)26-10-5-11-30-14-16-31(17-15-30)21-7-4-3-6-20(21)24/h3-4,6-7,18-19H,2,5,8-17H2,1H3,(H,25,26)(H,27,28,29). The second-order valence-corrected chi connectivity index (χ2v) is 8.50. The topological polar surface area (TPSA) is 75.7 Å². The van der Waals surface area contributed by atoms with Crippen molar-refractivity contribution in [3.8, 4) is 0 Å². The second-order valence-electron chi connectivity index (χ2n) is 8.50. The van der Waals surface area contributed by atoms with Crippen LogP contribution in [0.5, 0.6) is 0 Å². The predicted octanol–water partition coefficient (Wildman–Crippen LogP) is 2.30. The summed E-state index contributed by atoms with van der Waals surface area (Å²) in [4.78, 5) is 16.2. The zero-order valence-corrected chi connectivity index (χ0v) is 19.0. The summed E-state index contributed by atoms with van der Waals surface area (Å²) in [6, 6.07) is 7.06. The Bertz CT molecular complexity index is 839. The molecule has 1 aromatic heterocycles. The van der Waals surface area contributed by atoms with Crippen LogP contribution < -0.4 is 10.2 Å². The number of para-hydroxylation sites is 1. The number of piperidine rings is 1. The monoisotopic (exact) mass is 442 g/mol. The fourth-order valence-electron chi connectivity index (χ4n) is 4.60. The molecule has 2 aliphatic heterocycles. The largest absolute Gasteiger partial charge is 0.367 e. The first-order valence-corrected chi connectivity index (χ1v) is 11.8. The summed E-state index contributed by atoms with van der Waals surface area (Å²) in [6.45, 7) is 10.5. The van der Waals surface area contributed by atoms with Gasteiger partial charge < -0.3 is 15.1 Å². The van der Waals surface area contributed by atoms with Crippen molar-refractivity contribution in [2.75, 3.05) is 63.8 Å². The average Bonchev–Trinajstić information content (AvgIpc) is 3.37. The number of H-pyrrole nitrogens is 1. The summed E-state index contributed by atoms with van der Waals surface area (Å²) < 4.78 is 14.0. The van der Waals surface area contributed by atoms with Gasteiger partial charge in [-0.15, -0.1) is 0 Å². The van der Waals surface area contributed by atoms with E-state index in [2.05, 4.69) is 42.1 Å². The van der Waals surface area contributed by atoms with Crippen LogP contribution in [0.1, 0.15) is 37.9 Å². The average molecular weight is 443 g/mol. The zero-order valence-electron chi connectivity index (χ0n) is 19.0. The molecule has 2 saturated heterocycles. The van der Waals surface area contributed by atoms with Gasteiger partial charge in [0.1, 0.15) is 18.0 Å². The van der Waals surface area contributed by atoms with Crippen LogP contribution in [0, 0.1) is 5.82 Å². The zero-order chi connectivity index (χ0) is 22.2. The number of halogens is 1. The Balaban J connectivity index is 1.19. The molecule has 0 spiro atoms. The molecule has 0 unspecified atom stereocenters. The van der Waals surface area contributed by atoms with E-state index in [4.69, 9.17) is 4.99 Å². The van der Waals surface area contributed by atoms with E-state index in [0.717, 1.165) is 95.6 Å². The number of piperazine rings is 1. The number of hydrogen-bond acceptors (Lipinski definition) is 5. The van der Waals surface area contributed by atoms with Gasteiger partial charge in [0, 0.05) is 64.8 Å². The highest BCUT2D eigenvalue weighted by Crippen LogP contribution is 2.25. The number of aliphatic imine (C=N–C) groups is 1. The lowest BCUT2D eigenvalue weighted by atomic mass is 9.96. The summed E-state index contributed by atoms with van der Waals surface area (Å²) in [7, 11) is 0. The fraction of sp³-hybridized carbons (Fsp3) is 0.609. The van der Waals surface area contributed by atoms with Crippen molar-refractivity contribution in [2.24, 2.45) is 4.99 Å². The Morgan fingerprint density at radius 2 is 1.94 bits per heavy atom. The molecule has 174 valence electrons. The maximum atomic E-state index is 14.0. The number of hydrogen-bond donors (Lipinski definition) is 2. The first-order chi connectivity index (χ1) is 15.7. The molecule has 4 rings (SSSR count). The predicted molar refractivity (Wildman–Crippen MR) is 126 cm³/mol. The number of aromatic amines is 1. The lowest BCUT2D eigenvalue weighted by Gasteiger charge is -2.36. The molecule has 1 aromatic carbocycles. The third-order valence-corrected chi connectivity index (χ3v) is 6.41. The van der Waals surface area contributed by atoms with E-state index in [1.54, 1.807) is 18.5 Å². The third kappa shape index (κ3) is 5.76. The van der Waals surface area contributed by atoms with Crippen LogP contribution in [0.3, 0.4) is 0 Å². The SMILES string of the molecule is CCNC(=NCCCN1CCN(c2ccccc2F)CC1)N1CCC(c2ncn[nH]2)CC1. The Morgan fingerprint density at radius 3 is 2.62 bits per heavy atom. The molecule has 0 saturated carbocycles. The number of anilines is 1. The number of benzene rings is 1. The summed E-state index contributed by atoms with van der Waals surface area (Å²) in [5.74, 6) is 2.35. The molecular formula is C23H35FN8. The van der Waals surface area contributed by atoms with E-state index in [9.17, 15) is 4.39 Å². The van der Waals surface area contributed by atoms with Crippen molar-refractivity contribution in [2.45, 2.75) is 32.1 Å². The Labute approximate surface area is 189 Å². The van der Waals surface area contributed by atoms with E-state index in [0.29, 0.717) is 5.92 Å². The van der Waals surface area contributed by atoms with Gasteiger partial charge >= 0.3 is 0 Å². The van der Waals surface area contributed by atoms with Gasteiger partial charge in [-0.1, -0.05) is 12.1 Å². The van der Waals surface area contributed by atoms with Crippen molar-refractivity contribution < 1.29 is 4.39 Å². The molecule has 0 radical (unpaired) electrons. The lowest BCUT2D eigenvalue weighted by Crippen LogP contribution is -2.47. The first kappa shape index (κ1) is 22.5. The van der Waals surface area contributed by atoms with Crippen LogP contribution in [0.25, 0.3) is 0 Å². The van der Waals surface area contributed by atoms with Crippen LogP contribution in [0.15, 0.2) is 35.6 Å². The van der Waals surface area contributed by atoms with E-state index in [1.807, 2.05) is 12.1 Å². The van der Waals surface area contributed by atoms with Gasteiger partial charge in [0.25, 0.3) is 0 Å². The number of nitrogens with one attached hydrogen (secondary N) is 2. The van der Waals surface area contributed by atoms with E-state index < -0.39 is 0 Å². The maximum Gasteiger partial charge on any atom is 0.193 e. The van der Waals surface area contributed by atoms with Crippen molar-refractivity contribution in [1.29, 1.82) is 0 Å². The summed E-state index contributed by atoms with van der Waals surface area (Å²) >= 11 is 0. The van der Waals surface area contributed by atoms with Gasteiger partial charge in [0.05, 0.1) is 5.69 Å². The van der Waals surface area contributed by atoms with Gasteiger partial charge in [-0.05, 0) is 38.3 Å². The van der Waals surface area contributed by atoms with Crippen LogP contribution >= 0.6 is 0 Å². The Morgan fingerprint density at radius 1 is 1.16 bits per heavy atom. The van der Waals surface area contributed by atoms with Crippen LogP contribution in [0.2, 0.25) is 0 Å². The summed E-state index contributed by atoms with van der Waals surface area (Å²) in [6.07, 6.45) is 4.74. The molecule has 0 amide bonds. The normalized spacial score (nSPS) is 18.9. The van der Waals surface area contributed by atoms with Crippen LogP contribution in [-0.2, 0) is 0 Å². The van der Waals surface area contributed by atoms with Gasteiger partial charge in [-0.3, -0.25) is 15.0 Å². The lowest BCUT2D eigenvalue weighted by molar-refractivity contribution is 0.255. The highest BCUT2D eigenvalue weighted by molar-refractivity contribution is 5.80. The highest BCUT2D eigenvalue weighted by atomic mass is 19.1. The molecule has 2 N–H and O–H groups in total. The van der Waals surface area contributed by atoms with Gasteiger partial charge in [-0.2, -0.15) is 5.10 Å². The number of likely N-dealkylation sites (tertiary alicyclic amines) is 1. The number of rotatable bonds is 7. The number of aromatic nitrogens is 3. The molecule has 0 atom stereocenters. The maximum absolute atomic E-state index is 14.0. The second kappa shape index (κ2) is 11.3. The van der Waals surface area contributed by atoms with Crippen LogP contribution in [0.4, 0.5) is 10.1 Å². The molecule has 9 heteroatoms. The fourth-order valence-corrected chi connectivity index (χ4v) is 4.60. The summed E-state index contributed by atoms with van der Waals surface area (Å²) in [5.41, 5.74) is 0.721. The number of guanidine groups is 1. The molecule has 2 aromatic rings. The smallest absolute Gasteiger partial charge is 0.193 e. The van der Waals surface area contributed by atoms with E-state index >= 15 is 0 Å². The molecule has 0 bridgehead atoms. The van der Waals surface area contributed by atoms with Crippen molar-refractivity contribution in [3.63, 3.8) is 0 Å². The Kier molecular flexibility index (Phi) is 7.92. The quantitative estimate of drug-likeness (QED) is 0.389. The number of nitrogens with zero attached hydrogens (tertiary/aromatic N) is 6. The van der Waals surface area contributed by atoms with Crippen LogP contribution in [-0.4, -0.2) is 89.8 Å². The highest BCUT2D eigenvalue weighted by Gasteiger charge is 2.24. The van der Waals surface area contributed by atoms with Crippen molar-refractivity contribution in [3.05, 3.63) is 42.2 Å². The molecular weight excluding hydrogens is 407 g/mol. The van der Waals surface area contributed by atoms with E-state index in [1.165, 1.54) is 0 Å². The molecule has 8 nitrogen and oxygen atoms in total. The molecule has 32 heavy (non-hydrogen) atoms. The molecule has 2 aliphatic rings. The molecule has 0 aliphatic carbocycles. The molecule has 3 heterocycles. The first-order valence-electron chi connectivity index (χ1n) is 11.8. The van der Waals surface area contributed by atoms with Gasteiger partial charge in [0.2, 0.25) is 0 Å². The molecule has 2 fully saturated rings. The summed E-state index contributed by atoms with van der Waals surface area (Å²) in [5, 5.41) is 10.4.